The van der Waals surface area contributed by atoms with Crippen molar-refractivity contribution in [1.29, 1.82) is 0 Å². The molecule has 1 aromatic carbocycles. The van der Waals surface area contributed by atoms with Crippen LogP contribution < -0.4 is 10.6 Å². The van der Waals surface area contributed by atoms with Crippen molar-refractivity contribution in [2.45, 2.75) is 16.8 Å². The smallest absolute Gasteiger partial charge is 0.369 e. The minimum absolute atomic E-state index is 0.0175. The summed E-state index contributed by atoms with van der Waals surface area (Å²) in [7, 11) is 0. The van der Waals surface area contributed by atoms with Crippen molar-refractivity contribution >= 4 is 29.3 Å². The van der Waals surface area contributed by atoms with Gasteiger partial charge in [0, 0.05) is 17.9 Å². The first-order valence-electron chi connectivity index (χ1n) is 5.72. The maximum Gasteiger partial charge on any atom is 0.446 e. The lowest BCUT2D eigenvalue weighted by atomic mass is 10.1. The number of para-hydroxylation sites is 1. The molecule has 0 spiro atoms. The summed E-state index contributed by atoms with van der Waals surface area (Å²) in [4.78, 5) is 24.0. The molecule has 8 heteroatoms. The van der Waals surface area contributed by atoms with Gasteiger partial charge in [0.1, 0.15) is 0 Å². The van der Waals surface area contributed by atoms with E-state index in [1.165, 1.54) is 23.1 Å². The van der Waals surface area contributed by atoms with Gasteiger partial charge >= 0.3 is 5.51 Å². The summed E-state index contributed by atoms with van der Waals surface area (Å²) in [5, 5.41) is 0. The van der Waals surface area contributed by atoms with Gasteiger partial charge in [0.2, 0.25) is 11.8 Å². The Morgan fingerprint density at radius 1 is 1.35 bits per heavy atom. The highest BCUT2D eigenvalue weighted by molar-refractivity contribution is 8.00. The number of halogens is 3. The summed E-state index contributed by atoms with van der Waals surface area (Å²) in [5.74, 6) is -1.68. The molecule has 0 saturated carbocycles. The summed E-state index contributed by atoms with van der Waals surface area (Å²) < 4.78 is 37.5. The van der Waals surface area contributed by atoms with Gasteiger partial charge < -0.3 is 10.6 Å². The molecule has 1 aromatic rings. The lowest BCUT2D eigenvalue weighted by molar-refractivity contribution is -0.123. The number of rotatable bonds is 3. The minimum atomic E-state index is -4.44. The highest BCUT2D eigenvalue weighted by Gasteiger charge is 2.37. The number of anilines is 1. The number of nitrogens with zero attached hydrogens (tertiary/aromatic N) is 1. The average Bonchev–Trinajstić information content (AvgIpc) is 2.70. The Bertz CT molecular complexity index is 548. The lowest BCUT2D eigenvalue weighted by Gasteiger charge is -2.20. The van der Waals surface area contributed by atoms with Gasteiger partial charge in [-0.1, -0.05) is 12.1 Å². The van der Waals surface area contributed by atoms with E-state index in [0.29, 0.717) is 0 Å². The van der Waals surface area contributed by atoms with E-state index in [2.05, 4.69) is 0 Å². The Kier molecular flexibility index (Phi) is 3.94. The molecule has 0 aliphatic carbocycles. The fourth-order valence-corrected chi connectivity index (χ4v) is 2.70. The van der Waals surface area contributed by atoms with Gasteiger partial charge in [0.15, 0.2) is 0 Å². The van der Waals surface area contributed by atoms with Crippen LogP contribution in [0.5, 0.6) is 0 Å². The molecule has 1 heterocycles. The topological polar surface area (TPSA) is 63.4 Å². The Balaban J connectivity index is 2.29. The van der Waals surface area contributed by atoms with E-state index in [-0.39, 0.29) is 35.3 Å². The molecule has 2 N–H and O–H groups in total. The third-order valence-corrected chi connectivity index (χ3v) is 3.71. The minimum Gasteiger partial charge on any atom is -0.369 e. The molecule has 1 aliphatic rings. The molecule has 0 aromatic heterocycles. The Labute approximate surface area is 117 Å². The molecular weight excluding hydrogens is 293 g/mol. The zero-order chi connectivity index (χ0) is 14.9. The van der Waals surface area contributed by atoms with Crippen LogP contribution in [0.3, 0.4) is 0 Å². The van der Waals surface area contributed by atoms with E-state index in [1.54, 1.807) is 6.07 Å². The summed E-state index contributed by atoms with van der Waals surface area (Å²) in [5.41, 5.74) is 0.851. The summed E-state index contributed by atoms with van der Waals surface area (Å²) in [6.45, 7) is 0.0175. The first-order valence-corrected chi connectivity index (χ1v) is 6.54. The van der Waals surface area contributed by atoms with Crippen molar-refractivity contribution in [3.05, 3.63) is 24.3 Å². The number of thioether (sulfide) groups is 1. The molecule has 2 amide bonds. The number of alkyl halides is 3. The van der Waals surface area contributed by atoms with Crippen LogP contribution >= 0.6 is 11.8 Å². The monoisotopic (exact) mass is 304 g/mol. The van der Waals surface area contributed by atoms with Gasteiger partial charge in [-0.2, -0.15) is 13.2 Å². The van der Waals surface area contributed by atoms with Gasteiger partial charge in [0.05, 0.1) is 11.6 Å². The van der Waals surface area contributed by atoms with Crippen LogP contribution in [0.25, 0.3) is 0 Å². The highest BCUT2D eigenvalue weighted by atomic mass is 32.2. The normalized spacial score (nSPS) is 19.4. The van der Waals surface area contributed by atoms with E-state index in [0.717, 1.165) is 0 Å². The molecule has 0 radical (unpaired) electrons. The summed E-state index contributed by atoms with van der Waals surface area (Å²) in [6, 6.07) is 5.72. The molecule has 20 heavy (non-hydrogen) atoms. The third-order valence-electron chi connectivity index (χ3n) is 2.91. The Morgan fingerprint density at radius 2 is 2.00 bits per heavy atom. The largest absolute Gasteiger partial charge is 0.446 e. The maximum atomic E-state index is 12.5. The lowest BCUT2D eigenvalue weighted by Crippen LogP contribution is -2.28. The van der Waals surface area contributed by atoms with Gasteiger partial charge in [-0.25, -0.2) is 0 Å². The van der Waals surface area contributed by atoms with Crippen LogP contribution in [-0.4, -0.2) is 23.9 Å². The number of benzene rings is 1. The molecule has 4 nitrogen and oxygen atoms in total. The van der Waals surface area contributed by atoms with Crippen molar-refractivity contribution in [2.24, 2.45) is 11.7 Å². The van der Waals surface area contributed by atoms with Gasteiger partial charge in [-0.3, -0.25) is 9.59 Å². The van der Waals surface area contributed by atoms with Gasteiger partial charge in [0.25, 0.3) is 0 Å². The third kappa shape index (κ3) is 3.24. The molecule has 0 bridgehead atoms. The van der Waals surface area contributed by atoms with E-state index in [1.807, 2.05) is 0 Å². The van der Waals surface area contributed by atoms with Crippen molar-refractivity contribution in [2.75, 3.05) is 11.4 Å². The van der Waals surface area contributed by atoms with Crippen LogP contribution in [0.4, 0.5) is 18.9 Å². The molecule has 1 aliphatic heterocycles. The Hall–Kier alpha value is -1.70. The first kappa shape index (κ1) is 14.7. The molecule has 108 valence electrons. The molecule has 2 rings (SSSR count). The standard InChI is InChI=1S/C12H11F3N2O2S/c13-12(14,15)20-9-4-2-1-3-8(9)17-6-7(11(16)19)5-10(17)18/h1-4,7H,5-6H2,(H2,16,19). The first-order chi connectivity index (χ1) is 9.28. The number of hydrogen-bond donors (Lipinski definition) is 1. The van der Waals surface area contributed by atoms with E-state index < -0.39 is 23.2 Å². The van der Waals surface area contributed by atoms with E-state index >= 15 is 0 Å². The molecule has 1 saturated heterocycles. The number of primary amides is 1. The van der Waals surface area contributed by atoms with E-state index in [4.69, 9.17) is 5.73 Å². The number of carbonyl (C=O) groups is 2. The van der Waals surface area contributed by atoms with Crippen LogP contribution in [-0.2, 0) is 9.59 Å². The SMILES string of the molecule is NC(=O)C1CC(=O)N(c2ccccc2SC(F)(F)F)C1. The Morgan fingerprint density at radius 3 is 2.55 bits per heavy atom. The zero-order valence-corrected chi connectivity index (χ0v) is 11.0. The molecular formula is C12H11F3N2O2S. The van der Waals surface area contributed by atoms with Crippen molar-refractivity contribution < 1.29 is 22.8 Å². The second-order valence-electron chi connectivity index (χ2n) is 4.32. The number of carbonyl (C=O) groups excluding carboxylic acids is 2. The number of nitrogens with two attached hydrogens (primary N) is 1. The fraction of sp³-hybridized carbons (Fsp3) is 0.333. The van der Waals surface area contributed by atoms with Crippen molar-refractivity contribution in [3.63, 3.8) is 0 Å². The second-order valence-corrected chi connectivity index (χ2v) is 5.43. The molecule has 1 unspecified atom stereocenters. The predicted molar refractivity (Wildman–Crippen MR) is 68.0 cm³/mol. The van der Waals surface area contributed by atoms with Crippen LogP contribution in [0.1, 0.15) is 6.42 Å². The van der Waals surface area contributed by atoms with Crippen LogP contribution in [0.15, 0.2) is 29.2 Å². The van der Waals surface area contributed by atoms with Gasteiger partial charge in [-0.15, -0.1) is 0 Å². The average molecular weight is 304 g/mol. The molecule has 1 fully saturated rings. The van der Waals surface area contributed by atoms with E-state index in [9.17, 15) is 22.8 Å². The maximum absolute atomic E-state index is 12.5. The quantitative estimate of drug-likeness (QED) is 0.870. The number of amides is 2. The van der Waals surface area contributed by atoms with Crippen LogP contribution in [0.2, 0.25) is 0 Å². The zero-order valence-electron chi connectivity index (χ0n) is 10.2. The van der Waals surface area contributed by atoms with Crippen LogP contribution in [0, 0.1) is 5.92 Å². The second kappa shape index (κ2) is 5.35. The fourth-order valence-electron chi connectivity index (χ4n) is 2.02. The highest BCUT2D eigenvalue weighted by Crippen LogP contribution is 2.42. The van der Waals surface area contributed by atoms with Crippen molar-refractivity contribution in [3.8, 4) is 0 Å². The number of hydrogen-bond acceptors (Lipinski definition) is 3. The summed E-state index contributed by atoms with van der Waals surface area (Å²) in [6.07, 6.45) is -0.0691. The molecule has 1 atom stereocenters. The predicted octanol–water partition coefficient (Wildman–Crippen LogP) is 2.14. The summed E-state index contributed by atoms with van der Waals surface area (Å²) >= 11 is -0.284. The van der Waals surface area contributed by atoms with Gasteiger partial charge in [-0.05, 0) is 23.9 Å². The van der Waals surface area contributed by atoms with Crippen molar-refractivity contribution in [1.82, 2.24) is 0 Å².